The van der Waals surface area contributed by atoms with Gasteiger partial charge >= 0.3 is 0 Å². The fourth-order valence-electron chi connectivity index (χ4n) is 3.55. The van der Waals surface area contributed by atoms with Crippen LogP contribution in [0.1, 0.15) is 12.8 Å². The minimum Gasteiger partial charge on any atom is -0.497 e. The highest BCUT2D eigenvalue weighted by Gasteiger charge is 2.39. The first-order valence-electron chi connectivity index (χ1n) is 9.67. The summed E-state index contributed by atoms with van der Waals surface area (Å²) in [5, 5.41) is 2.98. The van der Waals surface area contributed by atoms with E-state index in [0.717, 1.165) is 17.6 Å². The molecular formula is C20H21N3O6S3. The lowest BCUT2D eigenvalue weighted by Crippen LogP contribution is -2.43. The second-order valence-electron chi connectivity index (χ2n) is 7.36. The fourth-order valence-corrected chi connectivity index (χ4v) is 6.84. The molecule has 1 fully saturated rings. The van der Waals surface area contributed by atoms with E-state index in [9.17, 15) is 21.6 Å². The first-order valence-corrected chi connectivity index (χ1v) is 13.8. The van der Waals surface area contributed by atoms with Gasteiger partial charge < -0.3 is 10.1 Å². The molecular weight excluding hydrogens is 474 g/mol. The Morgan fingerprint density at radius 3 is 2.47 bits per heavy atom. The molecule has 0 saturated carbocycles. The van der Waals surface area contributed by atoms with Crippen molar-refractivity contribution < 1.29 is 26.4 Å². The van der Waals surface area contributed by atoms with Gasteiger partial charge in [-0.15, -0.1) is 0 Å². The summed E-state index contributed by atoms with van der Waals surface area (Å²) >= 11 is 1.13. The van der Waals surface area contributed by atoms with Gasteiger partial charge in [0.1, 0.15) is 11.8 Å². The monoisotopic (exact) mass is 495 g/mol. The third-order valence-electron chi connectivity index (χ3n) is 5.19. The first-order chi connectivity index (χ1) is 15.1. The molecule has 12 heteroatoms. The molecule has 1 aliphatic rings. The van der Waals surface area contributed by atoms with Crippen molar-refractivity contribution in [1.29, 1.82) is 0 Å². The molecule has 0 bridgehead atoms. The number of nitrogens with zero attached hydrogens (tertiary/aromatic N) is 2. The number of hydrogen-bond acceptors (Lipinski definition) is 8. The maximum Gasteiger partial charge on any atom is 0.244 e. The van der Waals surface area contributed by atoms with Gasteiger partial charge in [-0.05, 0) is 55.3 Å². The molecule has 170 valence electrons. The smallest absolute Gasteiger partial charge is 0.244 e. The van der Waals surface area contributed by atoms with Crippen LogP contribution in [0.3, 0.4) is 0 Å². The Balaban J connectivity index is 1.56. The number of sulfonamides is 1. The molecule has 1 unspecified atom stereocenters. The molecule has 32 heavy (non-hydrogen) atoms. The van der Waals surface area contributed by atoms with E-state index in [1.807, 2.05) is 0 Å². The van der Waals surface area contributed by atoms with E-state index in [-0.39, 0.29) is 21.5 Å². The van der Waals surface area contributed by atoms with Gasteiger partial charge in [-0.2, -0.15) is 4.31 Å². The largest absolute Gasteiger partial charge is 0.497 e. The van der Waals surface area contributed by atoms with Crippen molar-refractivity contribution in [1.82, 2.24) is 9.29 Å². The maximum absolute atomic E-state index is 13.1. The third-order valence-corrected chi connectivity index (χ3v) is 9.16. The third kappa shape index (κ3) is 4.35. The molecule has 1 aliphatic heterocycles. The van der Waals surface area contributed by atoms with Gasteiger partial charge in [0, 0.05) is 12.8 Å². The summed E-state index contributed by atoms with van der Waals surface area (Å²) in [5.74, 6) is 0.0662. The lowest BCUT2D eigenvalue weighted by atomic mass is 10.2. The minimum absolute atomic E-state index is 0.0892. The summed E-state index contributed by atoms with van der Waals surface area (Å²) in [4.78, 5) is 17.5. The van der Waals surface area contributed by atoms with Crippen molar-refractivity contribution in [3.05, 3.63) is 42.5 Å². The lowest BCUT2D eigenvalue weighted by molar-refractivity contribution is -0.119. The molecule has 1 amide bonds. The van der Waals surface area contributed by atoms with Crippen molar-refractivity contribution in [2.24, 2.45) is 0 Å². The predicted octanol–water partition coefficient (Wildman–Crippen LogP) is 2.50. The van der Waals surface area contributed by atoms with Crippen LogP contribution < -0.4 is 10.1 Å². The second kappa shape index (κ2) is 8.43. The van der Waals surface area contributed by atoms with Crippen LogP contribution in [0.15, 0.2) is 52.3 Å². The molecule has 2 aromatic carbocycles. The van der Waals surface area contributed by atoms with E-state index in [1.54, 1.807) is 18.2 Å². The van der Waals surface area contributed by atoms with Gasteiger partial charge in [-0.1, -0.05) is 11.3 Å². The van der Waals surface area contributed by atoms with Crippen LogP contribution in [0.25, 0.3) is 10.2 Å². The summed E-state index contributed by atoms with van der Waals surface area (Å²) in [6.07, 6.45) is 2.07. The van der Waals surface area contributed by atoms with Crippen LogP contribution in [-0.4, -0.2) is 58.0 Å². The molecule has 0 spiro atoms. The first kappa shape index (κ1) is 22.6. The number of thiazole rings is 1. The summed E-state index contributed by atoms with van der Waals surface area (Å²) in [7, 11) is -5.73. The molecule has 3 aromatic rings. The van der Waals surface area contributed by atoms with Crippen molar-refractivity contribution in [2.75, 3.05) is 25.2 Å². The van der Waals surface area contributed by atoms with E-state index in [4.69, 9.17) is 4.74 Å². The highest BCUT2D eigenvalue weighted by molar-refractivity contribution is 7.90. The van der Waals surface area contributed by atoms with Crippen molar-refractivity contribution in [3.8, 4) is 5.75 Å². The molecule has 2 heterocycles. The molecule has 1 atom stereocenters. The van der Waals surface area contributed by atoms with Gasteiger partial charge in [0.15, 0.2) is 15.0 Å². The molecule has 1 N–H and O–H groups in total. The Morgan fingerprint density at radius 1 is 1.12 bits per heavy atom. The number of rotatable bonds is 6. The van der Waals surface area contributed by atoms with E-state index in [0.29, 0.717) is 28.8 Å². The molecule has 1 aromatic heterocycles. The number of methoxy groups -OCH3 is 1. The number of amides is 1. The normalized spacial score (nSPS) is 17.5. The number of sulfone groups is 1. The lowest BCUT2D eigenvalue weighted by Gasteiger charge is -2.23. The Bertz CT molecular complexity index is 1380. The van der Waals surface area contributed by atoms with E-state index in [1.165, 1.54) is 35.7 Å². The van der Waals surface area contributed by atoms with Crippen molar-refractivity contribution in [3.63, 3.8) is 0 Å². The quantitative estimate of drug-likeness (QED) is 0.557. The standard InChI is InChI=1S/C20H21N3O6S3/c1-29-13-5-7-14(8-6-13)32(27,28)23-11-3-4-17(23)19(24)22-20-21-16-10-9-15(31(2,25)26)12-18(16)30-20/h5-10,12,17H,3-4,11H2,1-2H3,(H,21,22,24). The number of nitrogens with one attached hydrogen (secondary N) is 1. The highest BCUT2D eigenvalue weighted by atomic mass is 32.2. The van der Waals surface area contributed by atoms with E-state index >= 15 is 0 Å². The summed E-state index contributed by atoms with van der Waals surface area (Å²) in [5.41, 5.74) is 0.548. The van der Waals surface area contributed by atoms with Crippen LogP contribution in [0.4, 0.5) is 5.13 Å². The number of ether oxygens (including phenoxy) is 1. The van der Waals surface area contributed by atoms with Gasteiger partial charge in [0.25, 0.3) is 0 Å². The Labute approximate surface area is 190 Å². The van der Waals surface area contributed by atoms with Gasteiger partial charge in [0.05, 0.1) is 27.1 Å². The van der Waals surface area contributed by atoms with Crippen LogP contribution in [-0.2, 0) is 24.7 Å². The average Bonchev–Trinajstić information content (AvgIpc) is 3.39. The number of carbonyl (C=O) groups excluding carboxylic acids is 1. The molecule has 0 radical (unpaired) electrons. The van der Waals surface area contributed by atoms with E-state index < -0.39 is 31.8 Å². The maximum atomic E-state index is 13.1. The zero-order valence-corrected chi connectivity index (χ0v) is 19.8. The Kier molecular flexibility index (Phi) is 5.96. The van der Waals surface area contributed by atoms with Gasteiger partial charge in [-0.25, -0.2) is 21.8 Å². The van der Waals surface area contributed by atoms with Crippen LogP contribution in [0.2, 0.25) is 0 Å². The molecule has 1 saturated heterocycles. The van der Waals surface area contributed by atoms with Crippen LogP contribution in [0.5, 0.6) is 5.75 Å². The number of aromatic nitrogens is 1. The van der Waals surface area contributed by atoms with Crippen molar-refractivity contribution >= 4 is 52.5 Å². The number of carbonyl (C=O) groups is 1. The molecule has 0 aliphatic carbocycles. The topological polar surface area (TPSA) is 123 Å². The highest BCUT2D eigenvalue weighted by Crippen LogP contribution is 2.31. The molecule has 9 nitrogen and oxygen atoms in total. The second-order valence-corrected chi connectivity index (χ2v) is 12.3. The van der Waals surface area contributed by atoms with Crippen LogP contribution in [0, 0.1) is 0 Å². The fraction of sp³-hybridized carbons (Fsp3) is 0.300. The van der Waals surface area contributed by atoms with Gasteiger partial charge in [-0.3, -0.25) is 4.79 Å². The molecule has 4 rings (SSSR count). The number of hydrogen-bond donors (Lipinski definition) is 1. The number of benzene rings is 2. The summed E-state index contributed by atoms with van der Waals surface area (Å²) in [6.45, 7) is 0.240. The Morgan fingerprint density at radius 2 is 1.81 bits per heavy atom. The summed E-state index contributed by atoms with van der Waals surface area (Å²) in [6, 6.07) is 9.71. The van der Waals surface area contributed by atoms with Gasteiger partial charge in [0.2, 0.25) is 15.9 Å². The zero-order chi connectivity index (χ0) is 23.1. The van der Waals surface area contributed by atoms with Crippen molar-refractivity contribution in [2.45, 2.75) is 28.7 Å². The summed E-state index contributed by atoms with van der Waals surface area (Å²) < 4.78 is 56.6. The SMILES string of the molecule is COc1ccc(S(=O)(=O)N2CCCC2C(=O)Nc2nc3ccc(S(C)(=O)=O)cc3s2)cc1. The Hall–Kier alpha value is -2.54. The zero-order valence-electron chi connectivity index (χ0n) is 17.3. The predicted molar refractivity (Wildman–Crippen MR) is 121 cm³/mol. The number of fused-ring (bicyclic) bond motifs is 1. The number of anilines is 1. The van der Waals surface area contributed by atoms with Crippen LogP contribution >= 0.6 is 11.3 Å². The average molecular weight is 496 g/mol. The minimum atomic E-state index is -3.86. The van der Waals surface area contributed by atoms with E-state index in [2.05, 4.69) is 10.3 Å².